The van der Waals surface area contributed by atoms with Crippen molar-refractivity contribution in [3.05, 3.63) is 16.6 Å². The Hall–Kier alpha value is -0.350. The number of hydrogen-bond donors (Lipinski definition) is 0. The highest BCUT2D eigenvalue weighted by Crippen LogP contribution is 2.27. The van der Waals surface area contributed by atoms with Crippen molar-refractivity contribution in [1.82, 2.24) is 4.98 Å². The number of thiazole rings is 1. The highest BCUT2D eigenvalue weighted by molar-refractivity contribution is 8.12. The maximum absolute atomic E-state index is 4.17. The van der Waals surface area contributed by atoms with Gasteiger partial charge in [0.05, 0.1) is 0 Å². The van der Waals surface area contributed by atoms with E-state index >= 15 is 0 Å². The second-order valence-electron chi connectivity index (χ2n) is 1.92. The average molecular weight is 169 g/mol. The van der Waals surface area contributed by atoms with E-state index in [0.29, 0.717) is 0 Å². The maximum Gasteiger partial charge on any atom is 0.123 e. The molecule has 0 saturated carbocycles. The van der Waals surface area contributed by atoms with Crippen LogP contribution in [0.5, 0.6) is 0 Å². The summed E-state index contributed by atoms with van der Waals surface area (Å²) < 4.78 is 0. The highest BCUT2D eigenvalue weighted by Gasteiger charge is 2.15. The summed E-state index contributed by atoms with van der Waals surface area (Å²) in [5.74, 6) is 1.01. The molecule has 10 heavy (non-hydrogen) atoms. The topological polar surface area (TPSA) is 25.2 Å². The summed E-state index contributed by atoms with van der Waals surface area (Å²) in [5, 5.41) is 3.09. The molecule has 1 aromatic rings. The van der Waals surface area contributed by atoms with Crippen LogP contribution in [0.25, 0.3) is 0 Å². The summed E-state index contributed by atoms with van der Waals surface area (Å²) in [7, 11) is 0. The third-order valence-electron chi connectivity index (χ3n) is 1.25. The second-order valence-corrected chi connectivity index (χ2v) is 3.65. The molecule has 0 aliphatic carbocycles. The van der Waals surface area contributed by atoms with Gasteiger partial charge in [-0.25, -0.2) is 4.98 Å². The molecule has 2 rings (SSSR count). The number of nitrogens with zero attached hydrogens (tertiary/aromatic N) is 2. The van der Waals surface area contributed by atoms with Gasteiger partial charge in [0.15, 0.2) is 0 Å². The van der Waals surface area contributed by atoms with Crippen LogP contribution in [0.15, 0.2) is 16.6 Å². The number of rotatable bonds is 1. The molecule has 2 heterocycles. The van der Waals surface area contributed by atoms with E-state index in [2.05, 4.69) is 15.5 Å². The number of hydrogen-bond acceptors (Lipinski definition) is 4. The Balaban J connectivity index is 2.20. The third-order valence-corrected chi connectivity index (χ3v) is 2.84. The Morgan fingerprint density at radius 3 is 3.30 bits per heavy atom. The van der Waals surface area contributed by atoms with Gasteiger partial charge in [0.25, 0.3) is 0 Å². The molecule has 1 aliphatic rings. The lowest BCUT2D eigenvalue weighted by Crippen LogP contribution is -1.91. The summed E-state index contributed by atoms with van der Waals surface area (Å²) in [5.41, 5.74) is 2.87. The molecule has 0 fully saturated rings. The van der Waals surface area contributed by atoms with Gasteiger partial charge < -0.3 is 0 Å². The van der Waals surface area contributed by atoms with Crippen LogP contribution in [0.2, 0.25) is 0 Å². The zero-order chi connectivity index (χ0) is 6.81. The van der Waals surface area contributed by atoms with Crippen molar-refractivity contribution in [2.45, 2.75) is 6.04 Å². The monoisotopic (exact) mass is 169 g/mol. The highest BCUT2D eigenvalue weighted by atomic mass is 32.2. The second kappa shape index (κ2) is 2.72. The maximum atomic E-state index is 4.17. The van der Waals surface area contributed by atoms with Crippen molar-refractivity contribution in [2.24, 2.45) is 4.99 Å². The van der Waals surface area contributed by atoms with Crippen molar-refractivity contribution < 1.29 is 0 Å². The first-order valence-electron chi connectivity index (χ1n) is 2.93. The fourth-order valence-corrected chi connectivity index (χ4v) is 2.23. The lowest BCUT2D eigenvalue weighted by molar-refractivity contribution is 0.839. The van der Waals surface area contributed by atoms with Crippen LogP contribution < -0.4 is 0 Å². The molecule has 4 heteroatoms. The van der Waals surface area contributed by atoms with Gasteiger partial charge in [-0.2, -0.15) is 0 Å². The van der Waals surface area contributed by atoms with E-state index in [1.54, 1.807) is 23.1 Å². The van der Waals surface area contributed by atoms with Gasteiger partial charge in [-0.3, -0.25) is 4.99 Å². The van der Waals surface area contributed by atoms with Crippen LogP contribution in [0, 0.1) is 0 Å². The lowest BCUT2D eigenvalue weighted by atomic mass is 10.4. The quantitative estimate of drug-likeness (QED) is 0.641. The molecule has 0 saturated heterocycles. The Bertz CT molecular complexity index is 230. The average Bonchev–Trinajstić information content (AvgIpc) is 2.59. The fourth-order valence-electron chi connectivity index (χ4n) is 0.780. The van der Waals surface area contributed by atoms with E-state index in [1.165, 1.54) is 0 Å². The summed E-state index contributed by atoms with van der Waals surface area (Å²) >= 11 is 3.29. The van der Waals surface area contributed by atoms with Crippen LogP contribution in [-0.4, -0.2) is 16.3 Å². The normalized spacial score (nSPS) is 23.8. The number of aromatic nitrogens is 1. The Labute approximate surface area is 67.4 Å². The van der Waals surface area contributed by atoms with Crippen molar-refractivity contribution in [2.75, 3.05) is 5.75 Å². The minimum Gasteiger partial charge on any atom is -0.264 e. The molecular formula is C6H5N2S2. The van der Waals surface area contributed by atoms with E-state index in [1.807, 2.05) is 11.6 Å². The molecule has 1 unspecified atom stereocenters. The molecule has 0 bridgehead atoms. The molecule has 0 N–H and O–H groups in total. The lowest BCUT2D eigenvalue weighted by Gasteiger charge is -1.97. The van der Waals surface area contributed by atoms with E-state index in [0.717, 1.165) is 10.8 Å². The summed E-state index contributed by atoms with van der Waals surface area (Å²) in [6.45, 7) is 0. The predicted octanol–water partition coefficient (Wildman–Crippen LogP) is 1.84. The number of aliphatic imine (C=N–C) groups is 1. The minimum absolute atomic E-state index is 0.282. The standard InChI is InChI=1S/C6H5N2S2/c1-2-10-6(7-1)5-3-9-4-8-5/h1-2,5H,3H2. The Morgan fingerprint density at radius 1 is 1.70 bits per heavy atom. The molecule has 2 nitrogen and oxygen atoms in total. The van der Waals surface area contributed by atoms with Crippen molar-refractivity contribution in [3.8, 4) is 0 Å². The van der Waals surface area contributed by atoms with Crippen LogP contribution in [0.4, 0.5) is 0 Å². The molecule has 1 aromatic heterocycles. The summed E-state index contributed by atoms with van der Waals surface area (Å²) in [6.07, 6.45) is 1.82. The Morgan fingerprint density at radius 2 is 2.70 bits per heavy atom. The molecule has 1 radical (unpaired) electrons. The van der Waals surface area contributed by atoms with Crippen LogP contribution >= 0.6 is 23.1 Å². The predicted molar refractivity (Wildman–Crippen MR) is 44.7 cm³/mol. The number of thioether (sulfide) groups is 1. The van der Waals surface area contributed by atoms with Crippen molar-refractivity contribution >= 4 is 28.6 Å². The van der Waals surface area contributed by atoms with Gasteiger partial charge in [0.1, 0.15) is 16.6 Å². The van der Waals surface area contributed by atoms with Gasteiger partial charge in [0, 0.05) is 17.3 Å². The first-order chi connectivity index (χ1) is 4.97. The van der Waals surface area contributed by atoms with E-state index in [-0.39, 0.29) is 6.04 Å². The van der Waals surface area contributed by atoms with Gasteiger partial charge in [-0.15, -0.1) is 23.1 Å². The van der Waals surface area contributed by atoms with Gasteiger partial charge in [0.2, 0.25) is 0 Å². The van der Waals surface area contributed by atoms with Crippen LogP contribution in [0.3, 0.4) is 0 Å². The Kier molecular flexibility index (Phi) is 1.73. The van der Waals surface area contributed by atoms with E-state index in [9.17, 15) is 0 Å². The van der Waals surface area contributed by atoms with Crippen LogP contribution in [-0.2, 0) is 0 Å². The van der Waals surface area contributed by atoms with Crippen LogP contribution in [0.1, 0.15) is 11.0 Å². The summed E-state index contributed by atoms with van der Waals surface area (Å²) in [6, 6.07) is 0.282. The van der Waals surface area contributed by atoms with Crippen molar-refractivity contribution in [3.63, 3.8) is 0 Å². The van der Waals surface area contributed by atoms with Gasteiger partial charge in [-0.1, -0.05) is 0 Å². The molecule has 0 aromatic carbocycles. The van der Waals surface area contributed by atoms with E-state index < -0.39 is 0 Å². The third kappa shape index (κ3) is 1.09. The molecular weight excluding hydrogens is 164 g/mol. The smallest absolute Gasteiger partial charge is 0.123 e. The minimum atomic E-state index is 0.282. The zero-order valence-corrected chi connectivity index (χ0v) is 6.78. The van der Waals surface area contributed by atoms with E-state index in [4.69, 9.17) is 0 Å². The molecule has 1 aliphatic heterocycles. The van der Waals surface area contributed by atoms with Gasteiger partial charge >= 0.3 is 0 Å². The first-order valence-corrected chi connectivity index (χ1v) is 4.79. The SMILES string of the molecule is [C]1=NC(c2nccs2)CS1. The van der Waals surface area contributed by atoms with Gasteiger partial charge in [-0.05, 0) is 0 Å². The fraction of sp³-hybridized carbons (Fsp3) is 0.333. The zero-order valence-electron chi connectivity index (χ0n) is 5.15. The first kappa shape index (κ1) is 6.37. The molecule has 0 spiro atoms. The van der Waals surface area contributed by atoms with Crippen molar-refractivity contribution in [1.29, 1.82) is 0 Å². The molecule has 51 valence electrons. The summed E-state index contributed by atoms with van der Waals surface area (Å²) in [4.78, 5) is 8.31. The largest absolute Gasteiger partial charge is 0.264 e. The molecule has 1 atom stereocenters. The molecule has 0 amide bonds.